The minimum absolute atomic E-state index is 3.48. The highest BCUT2D eigenvalue weighted by Crippen LogP contribution is 2.50. The summed E-state index contributed by atoms with van der Waals surface area (Å²) in [5, 5.41) is 7.21. The van der Waals surface area contributed by atoms with Gasteiger partial charge in [-0.3, -0.25) is 8.88 Å². The molecule has 0 bridgehead atoms. The maximum atomic E-state index is 10.8. The van der Waals surface area contributed by atoms with Gasteiger partial charge in [0.25, 0.3) is 0 Å². The molecule has 7 heavy (non-hydrogen) atoms. The molecule has 0 aromatic rings. The fourth-order valence-corrected chi connectivity index (χ4v) is 0. The van der Waals surface area contributed by atoms with Crippen LogP contribution >= 0.6 is 7.64 Å². The Balaban J connectivity index is 3.80. The summed E-state index contributed by atoms with van der Waals surface area (Å²) in [4.78, 5) is 0. The molecule has 0 aliphatic carbocycles. The third kappa shape index (κ3) is 2.71. The molecule has 0 aliphatic heterocycles. The van der Waals surface area contributed by atoms with E-state index in [-0.39, 0.29) is 0 Å². The van der Waals surface area contributed by atoms with Gasteiger partial charge in [0.1, 0.15) is 0 Å². The minimum Gasteiger partial charge on any atom is -0.414 e. The van der Waals surface area contributed by atoms with Gasteiger partial charge in [-0.15, -0.1) is 0 Å². The Labute approximate surface area is 38.1 Å². The molecule has 0 aromatic carbocycles. The van der Waals surface area contributed by atoms with Gasteiger partial charge in [-0.05, 0) is 0 Å². The second-order valence-electron chi connectivity index (χ2n) is 0.813. The van der Waals surface area contributed by atoms with Crippen molar-refractivity contribution in [2.75, 3.05) is 0 Å². The standard InChI is InChI=1S/BF3HO2P/c2-1(5)7(3,4)6/h5H. The molecule has 7 heteroatoms. The fraction of sp³-hybridized carbons (Fsp3) is 0. The molecular weight excluding hydrogens is 131 g/mol. The molecule has 0 saturated heterocycles. The normalized spacial score (nSPS) is 11.4. The quantitative estimate of drug-likeness (QED) is 0.427. The van der Waals surface area contributed by atoms with E-state index in [1.165, 1.54) is 0 Å². The van der Waals surface area contributed by atoms with Crippen molar-refractivity contribution in [2.24, 2.45) is 0 Å². The predicted molar refractivity (Wildman–Crippen MR) is 18.9 cm³/mol. The number of rotatable bonds is 1. The van der Waals surface area contributed by atoms with E-state index in [0.717, 1.165) is 0 Å². The highest BCUT2D eigenvalue weighted by Gasteiger charge is 2.39. The molecule has 42 valence electrons. The molecule has 0 saturated carbocycles. The van der Waals surface area contributed by atoms with Gasteiger partial charge in [0, 0.05) is 0 Å². The summed E-state index contributed by atoms with van der Waals surface area (Å²) in [6.07, 6.45) is 0. The largest absolute Gasteiger partial charge is 0.638 e. The lowest BCUT2D eigenvalue weighted by Gasteiger charge is -1.87. The number of hydrogen-bond acceptors (Lipinski definition) is 2. The molecule has 2 nitrogen and oxygen atoms in total. The van der Waals surface area contributed by atoms with E-state index in [4.69, 9.17) is 9.59 Å². The summed E-state index contributed by atoms with van der Waals surface area (Å²) in [6.45, 7) is -3.48. The van der Waals surface area contributed by atoms with Gasteiger partial charge in [0.15, 0.2) is 0 Å². The molecule has 0 unspecified atom stereocenters. The summed E-state index contributed by atoms with van der Waals surface area (Å²) in [6, 6.07) is 0. The van der Waals surface area contributed by atoms with E-state index in [1.54, 1.807) is 0 Å². The van der Waals surface area contributed by atoms with Crippen molar-refractivity contribution in [3.05, 3.63) is 0 Å². The van der Waals surface area contributed by atoms with Crippen LogP contribution in [0.2, 0.25) is 0 Å². The van der Waals surface area contributed by atoms with Crippen LogP contribution in [0.1, 0.15) is 0 Å². The Bertz CT molecular complexity index is 95.1. The van der Waals surface area contributed by atoms with Crippen molar-refractivity contribution in [3.63, 3.8) is 0 Å². The Kier molecular flexibility index (Phi) is 1.89. The zero-order valence-electron chi connectivity index (χ0n) is 3.01. The van der Waals surface area contributed by atoms with Crippen molar-refractivity contribution in [2.45, 2.75) is 0 Å². The van der Waals surface area contributed by atoms with Gasteiger partial charge in [0.2, 0.25) is 0 Å². The van der Waals surface area contributed by atoms with Gasteiger partial charge >= 0.3 is 14.6 Å². The Morgan fingerprint density at radius 3 is 1.71 bits per heavy atom. The molecule has 0 rings (SSSR count). The van der Waals surface area contributed by atoms with Crippen LogP contribution in [0.5, 0.6) is 0 Å². The van der Waals surface area contributed by atoms with Crippen LogP contribution in [0.15, 0.2) is 0 Å². The molecule has 0 fully saturated rings. The van der Waals surface area contributed by atoms with Gasteiger partial charge in [0.05, 0.1) is 0 Å². The first-order valence-corrected chi connectivity index (χ1v) is 2.81. The molecule has 0 amide bonds. The lowest BCUT2D eigenvalue weighted by molar-refractivity contribution is 0.466. The SMILES string of the molecule is O=P(F)(F)B(O)F. The summed E-state index contributed by atoms with van der Waals surface area (Å²) >= 11 is 0. The lowest BCUT2D eigenvalue weighted by atomic mass is 10.5. The van der Waals surface area contributed by atoms with Crippen molar-refractivity contribution < 1.29 is 22.3 Å². The van der Waals surface area contributed by atoms with Gasteiger partial charge in [-0.1, -0.05) is 0 Å². The first-order valence-electron chi connectivity index (χ1n) is 1.26. The summed E-state index contributed by atoms with van der Waals surface area (Å²) < 4.78 is 41.3. The molecular formula is HBF3O2P. The Hall–Kier alpha value is 0.0449. The van der Waals surface area contributed by atoms with Crippen molar-refractivity contribution in [3.8, 4) is 0 Å². The van der Waals surface area contributed by atoms with Gasteiger partial charge < -0.3 is 5.02 Å². The first kappa shape index (κ1) is 7.04. The van der Waals surface area contributed by atoms with Crippen LogP contribution in [0, 0.1) is 0 Å². The van der Waals surface area contributed by atoms with Crippen molar-refractivity contribution >= 4 is 14.6 Å². The minimum atomic E-state index is -5.85. The van der Waals surface area contributed by atoms with Crippen molar-refractivity contribution in [1.29, 1.82) is 0 Å². The number of halogens is 3. The maximum absolute atomic E-state index is 10.8. The third-order valence-corrected chi connectivity index (χ3v) is 0.744. The van der Waals surface area contributed by atoms with Crippen LogP contribution in [-0.2, 0) is 4.57 Å². The van der Waals surface area contributed by atoms with Gasteiger partial charge in [-0.2, -0.15) is 8.39 Å². The van der Waals surface area contributed by atoms with Crippen LogP contribution in [0.3, 0.4) is 0 Å². The predicted octanol–water partition coefficient (Wildman–Crippen LogP) is 1.07. The maximum Gasteiger partial charge on any atom is 0.638 e. The van der Waals surface area contributed by atoms with Crippen LogP contribution in [0.4, 0.5) is 12.7 Å². The van der Waals surface area contributed by atoms with E-state index in [0.29, 0.717) is 0 Å². The van der Waals surface area contributed by atoms with E-state index >= 15 is 0 Å². The third-order valence-electron chi connectivity index (χ3n) is 0.248. The first-order chi connectivity index (χ1) is 2.94. The van der Waals surface area contributed by atoms with Crippen molar-refractivity contribution in [1.82, 2.24) is 0 Å². The van der Waals surface area contributed by atoms with E-state index < -0.39 is 14.6 Å². The molecule has 0 radical (unpaired) electrons. The van der Waals surface area contributed by atoms with Gasteiger partial charge in [-0.25, -0.2) is 0 Å². The Morgan fingerprint density at radius 1 is 1.57 bits per heavy atom. The molecule has 0 aliphatic rings. The zero-order valence-corrected chi connectivity index (χ0v) is 3.91. The Morgan fingerprint density at radius 2 is 1.71 bits per heavy atom. The smallest absolute Gasteiger partial charge is 0.414 e. The second kappa shape index (κ2) is 1.88. The zero-order chi connectivity index (χ0) is 6.08. The van der Waals surface area contributed by atoms with Crippen LogP contribution < -0.4 is 0 Å². The summed E-state index contributed by atoms with van der Waals surface area (Å²) in [7, 11) is -5.85. The molecule has 1 N–H and O–H groups in total. The monoisotopic (exact) mass is 132 g/mol. The van der Waals surface area contributed by atoms with E-state index in [2.05, 4.69) is 0 Å². The van der Waals surface area contributed by atoms with Crippen LogP contribution in [-0.4, -0.2) is 11.9 Å². The van der Waals surface area contributed by atoms with E-state index in [9.17, 15) is 12.7 Å². The lowest BCUT2D eigenvalue weighted by Crippen LogP contribution is -1.97. The van der Waals surface area contributed by atoms with E-state index in [1.807, 2.05) is 0 Å². The average molecular weight is 132 g/mol. The second-order valence-corrected chi connectivity index (χ2v) is 2.24. The molecule has 0 heterocycles. The summed E-state index contributed by atoms with van der Waals surface area (Å²) in [5.74, 6) is 0. The highest BCUT2D eigenvalue weighted by atomic mass is 31.2. The molecule has 0 aromatic heterocycles. The average Bonchev–Trinajstić information content (AvgIpc) is 1.31. The topological polar surface area (TPSA) is 37.3 Å². The molecule has 0 atom stereocenters. The fourth-order valence-electron chi connectivity index (χ4n) is 0. The number of hydrogen-bond donors (Lipinski definition) is 1. The summed E-state index contributed by atoms with van der Waals surface area (Å²) in [5.41, 5.74) is 0. The van der Waals surface area contributed by atoms with Crippen LogP contribution in [0.25, 0.3) is 0 Å². The molecule has 0 spiro atoms. The highest BCUT2D eigenvalue weighted by molar-refractivity contribution is 7.84.